The molecule has 0 aromatic carbocycles. The van der Waals surface area contributed by atoms with Crippen LogP contribution in [-0.2, 0) is 19.1 Å². The largest absolute Gasteiger partial charge is 0.462 e. The van der Waals surface area contributed by atoms with E-state index < -0.39 is 17.6 Å². The Kier molecular flexibility index (Phi) is 6.84. The maximum atomic E-state index is 12.3. The molecule has 1 rings (SSSR count). The van der Waals surface area contributed by atoms with E-state index >= 15 is 0 Å². The van der Waals surface area contributed by atoms with E-state index in [0.717, 1.165) is 19.3 Å². The molecule has 0 unspecified atom stereocenters. The number of esters is 1. The van der Waals surface area contributed by atoms with E-state index in [1.54, 1.807) is 11.8 Å². The molecule has 1 N–H and O–H groups in total. The number of rotatable bonds is 4. The van der Waals surface area contributed by atoms with Gasteiger partial charge in [-0.15, -0.1) is 0 Å². The third-order valence-electron chi connectivity index (χ3n) is 3.45. The molecule has 0 aromatic heterocycles. The lowest BCUT2D eigenvalue weighted by Gasteiger charge is -2.36. The Hall–Kier alpha value is -1.79. The van der Waals surface area contributed by atoms with E-state index in [1.165, 1.54) is 6.92 Å². The van der Waals surface area contributed by atoms with Crippen molar-refractivity contribution >= 4 is 18.0 Å². The summed E-state index contributed by atoms with van der Waals surface area (Å²) in [5.41, 5.74) is -0.560. The van der Waals surface area contributed by atoms with Crippen LogP contribution in [0.3, 0.4) is 0 Å². The molecule has 132 valence electrons. The van der Waals surface area contributed by atoms with E-state index in [0.29, 0.717) is 6.54 Å². The summed E-state index contributed by atoms with van der Waals surface area (Å²) < 4.78 is 10.7. The highest BCUT2D eigenvalue weighted by Crippen LogP contribution is 2.20. The second kappa shape index (κ2) is 8.17. The van der Waals surface area contributed by atoms with Crippen LogP contribution in [0.5, 0.6) is 0 Å². The number of likely N-dealkylation sites (tertiary alicyclic amines) is 1. The predicted octanol–water partition coefficient (Wildman–Crippen LogP) is 1.84. The number of carbonyl (C=O) groups excluding carboxylic acids is 3. The van der Waals surface area contributed by atoms with Crippen molar-refractivity contribution in [2.24, 2.45) is 0 Å². The number of nitrogens with one attached hydrogen (secondary N) is 1. The molecule has 2 amide bonds. The topological polar surface area (TPSA) is 84.9 Å². The summed E-state index contributed by atoms with van der Waals surface area (Å²) in [6, 6.07) is -0.891. The number of piperidine rings is 1. The van der Waals surface area contributed by atoms with Gasteiger partial charge in [-0.05, 0) is 47.0 Å². The molecule has 7 nitrogen and oxygen atoms in total. The molecular weight excluding hydrogens is 300 g/mol. The Labute approximate surface area is 137 Å². The Morgan fingerprint density at radius 3 is 2.48 bits per heavy atom. The Balaban J connectivity index is 2.56. The van der Waals surface area contributed by atoms with Gasteiger partial charge in [0, 0.05) is 13.5 Å². The molecule has 2 atom stereocenters. The van der Waals surface area contributed by atoms with Crippen molar-refractivity contribution in [3.63, 3.8) is 0 Å². The predicted molar refractivity (Wildman–Crippen MR) is 84.8 cm³/mol. The second-order valence-corrected chi connectivity index (χ2v) is 6.88. The van der Waals surface area contributed by atoms with Gasteiger partial charge in [0.1, 0.15) is 18.2 Å². The highest BCUT2D eigenvalue weighted by Gasteiger charge is 2.31. The Morgan fingerprint density at radius 2 is 1.91 bits per heavy atom. The van der Waals surface area contributed by atoms with Gasteiger partial charge >= 0.3 is 12.1 Å². The van der Waals surface area contributed by atoms with Crippen molar-refractivity contribution in [2.75, 3.05) is 13.2 Å². The van der Waals surface area contributed by atoms with Gasteiger partial charge in [0.25, 0.3) is 0 Å². The molecule has 1 aliphatic heterocycles. The minimum atomic E-state index is -0.703. The van der Waals surface area contributed by atoms with E-state index in [4.69, 9.17) is 9.47 Å². The molecular formula is C16H28N2O5. The van der Waals surface area contributed by atoms with Crippen molar-refractivity contribution in [1.29, 1.82) is 0 Å². The molecule has 23 heavy (non-hydrogen) atoms. The zero-order valence-corrected chi connectivity index (χ0v) is 14.7. The third kappa shape index (κ3) is 6.88. The number of carbonyl (C=O) groups is 3. The lowest BCUT2D eigenvalue weighted by Crippen LogP contribution is -2.49. The van der Waals surface area contributed by atoms with Gasteiger partial charge in [-0.1, -0.05) is 0 Å². The summed E-state index contributed by atoms with van der Waals surface area (Å²) >= 11 is 0. The number of hydrogen-bond acceptors (Lipinski definition) is 5. The van der Waals surface area contributed by atoms with E-state index in [2.05, 4.69) is 5.32 Å². The van der Waals surface area contributed by atoms with Crippen LogP contribution in [0.1, 0.15) is 53.9 Å². The van der Waals surface area contributed by atoms with Crippen LogP contribution >= 0.6 is 0 Å². The summed E-state index contributed by atoms with van der Waals surface area (Å²) in [4.78, 5) is 36.7. The van der Waals surface area contributed by atoms with Crippen molar-refractivity contribution in [3.8, 4) is 0 Å². The molecule has 0 bridgehead atoms. The Morgan fingerprint density at radius 1 is 1.26 bits per heavy atom. The molecule has 7 heteroatoms. The molecule has 0 radical (unpaired) electrons. The van der Waals surface area contributed by atoms with Crippen LogP contribution in [0.4, 0.5) is 4.79 Å². The van der Waals surface area contributed by atoms with Crippen LogP contribution in [0.25, 0.3) is 0 Å². The molecule has 0 spiro atoms. The van der Waals surface area contributed by atoms with Crippen LogP contribution in [-0.4, -0.2) is 53.7 Å². The fourth-order valence-corrected chi connectivity index (χ4v) is 2.40. The lowest BCUT2D eigenvalue weighted by atomic mass is 10.0. The first-order valence-corrected chi connectivity index (χ1v) is 8.03. The normalized spacial score (nSPS) is 19.7. The first-order chi connectivity index (χ1) is 10.6. The summed E-state index contributed by atoms with van der Waals surface area (Å²) in [6.45, 7) is 9.07. The highest BCUT2D eigenvalue weighted by atomic mass is 16.6. The minimum absolute atomic E-state index is 0.113. The van der Waals surface area contributed by atoms with Gasteiger partial charge in [0.2, 0.25) is 5.91 Å². The third-order valence-corrected chi connectivity index (χ3v) is 3.45. The second-order valence-electron chi connectivity index (χ2n) is 6.88. The lowest BCUT2D eigenvalue weighted by molar-refractivity contribution is -0.149. The van der Waals surface area contributed by atoms with E-state index in [9.17, 15) is 14.4 Å². The molecule has 0 aliphatic carbocycles. The van der Waals surface area contributed by atoms with E-state index in [1.807, 2.05) is 20.8 Å². The van der Waals surface area contributed by atoms with Crippen molar-refractivity contribution in [2.45, 2.75) is 71.6 Å². The number of ether oxygens (including phenoxy) is 2. The van der Waals surface area contributed by atoms with Crippen LogP contribution in [0.15, 0.2) is 0 Å². The van der Waals surface area contributed by atoms with Crippen molar-refractivity contribution < 1.29 is 23.9 Å². The van der Waals surface area contributed by atoms with E-state index in [-0.39, 0.29) is 24.6 Å². The molecule has 0 saturated carbocycles. The Bertz CT molecular complexity index is 444. The minimum Gasteiger partial charge on any atom is -0.462 e. The maximum Gasteiger partial charge on any atom is 0.410 e. The smallest absolute Gasteiger partial charge is 0.410 e. The molecule has 1 fully saturated rings. The first kappa shape index (κ1) is 19.3. The zero-order valence-electron chi connectivity index (χ0n) is 14.7. The maximum absolute atomic E-state index is 12.3. The van der Waals surface area contributed by atoms with Gasteiger partial charge in [0.05, 0.1) is 6.04 Å². The average Bonchev–Trinajstić information content (AvgIpc) is 2.42. The quantitative estimate of drug-likeness (QED) is 0.796. The van der Waals surface area contributed by atoms with Gasteiger partial charge in [-0.3, -0.25) is 4.79 Å². The van der Waals surface area contributed by atoms with Gasteiger partial charge in [0.15, 0.2) is 0 Å². The summed E-state index contributed by atoms with van der Waals surface area (Å²) in [5, 5.41) is 2.48. The molecule has 1 aliphatic rings. The van der Waals surface area contributed by atoms with Crippen LogP contribution in [0.2, 0.25) is 0 Å². The SMILES string of the molecule is CC(=O)N[C@@H](C)C(=O)OC[C@H]1CCCCN1C(=O)OC(C)(C)C. The fourth-order valence-electron chi connectivity index (χ4n) is 2.40. The van der Waals surface area contributed by atoms with Crippen molar-refractivity contribution in [3.05, 3.63) is 0 Å². The number of hydrogen-bond donors (Lipinski definition) is 1. The summed E-state index contributed by atoms with van der Waals surface area (Å²) in [7, 11) is 0. The number of nitrogens with zero attached hydrogens (tertiary/aromatic N) is 1. The zero-order chi connectivity index (χ0) is 17.6. The van der Waals surface area contributed by atoms with Crippen LogP contribution < -0.4 is 5.32 Å². The van der Waals surface area contributed by atoms with Gasteiger partial charge in [-0.2, -0.15) is 0 Å². The molecule has 0 aromatic rings. The van der Waals surface area contributed by atoms with Crippen molar-refractivity contribution in [1.82, 2.24) is 10.2 Å². The summed E-state index contributed by atoms with van der Waals surface area (Å²) in [5.74, 6) is -0.794. The van der Waals surface area contributed by atoms with Gasteiger partial charge < -0.3 is 19.7 Å². The highest BCUT2D eigenvalue weighted by molar-refractivity contribution is 5.82. The number of amides is 2. The first-order valence-electron chi connectivity index (χ1n) is 8.03. The van der Waals surface area contributed by atoms with Crippen LogP contribution in [0, 0.1) is 0 Å². The monoisotopic (exact) mass is 328 g/mol. The molecule has 1 saturated heterocycles. The average molecular weight is 328 g/mol. The fraction of sp³-hybridized carbons (Fsp3) is 0.812. The van der Waals surface area contributed by atoms with Gasteiger partial charge in [-0.25, -0.2) is 9.59 Å². The molecule has 1 heterocycles. The summed E-state index contributed by atoms with van der Waals surface area (Å²) in [6.07, 6.45) is 2.27. The standard InChI is InChI=1S/C16H28N2O5/c1-11(17-12(2)19)14(20)22-10-13-8-6-7-9-18(13)15(21)23-16(3,4)5/h11,13H,6-10H2,1-5H3,(H,17,19)/t11-,13+/m0/s1.